The number of amides is 5. The molecular formula is C86H108BrClF15N5O15. The van der Waals surface area contributed by atoms with Crippen molar-refractivity contribution in [1.29, 1.82) is 0 Å². The molecule has 8 unspecified atom stereocenters. The largest absolute Gasteiger partial charge is 0.474 e. The Morgan fingerprint density at radius 3 is 1.33 bits per heavy atom. The van der Waals surface area contributed by atoms with Gasteiger partial charge in [-0.15, -0.1) is 0 Å². The van der Waals surface area contributed by atoms with E-state index in [4.69, 9.17) is 19.3 Å². The number of esters is 2. The number of carboxylic acids is 1. The highest BCUT2D eigenvalue weighted by Crippen LogP contribution is 2.39. The van der Waals surface area contributed by atoms with Crippen LogP contribution in [0.3, 0.4) is 0 Å². The van der Waals surface area contributed by atoms with E-state index in [1.807, 2.05) is 79.7 Å². The fraction of sp³-hybridized carbons (Fsp3) is 0.535. The summed E-state index contributed by atoms with van der Waals surface area (Å²) in [5.74, 6) is -4.30. The van der Waals surface area contributed by atoms with Gasteiger partial charge in [0.05, 0.1) is 40.9 Å². The zero-order valence-electron chi connectivity index (χ0n) is 69.6. The fourth-order valence-electron chi connectivity index (χ4n) is 12.1. The lowest BCUT2D eigenvalue weighted by Gasteiger charge is -2.38. The molecule has 8 atom stereocenters. The van der Waals surface area contributed by atoms with Gasteiger partial charge in [0.15, 0.2) is 12.4 Å². The molecule has 3 N–H and O–H groups in total. The Labute approximate surface area is 719 Å². The highest BCUT2D eigenvalue weighted by atomic mass is 79.9. The Hall–Kier alpha value is -9.32. The zero-order chi connectivity index (χ0) is 92.8. The molecule has 5 aromatic rings. The molecule has 4 aliphatic heterocycles. The summed E-state index contributed by atoms with van der Waals surface area (Å²) in [7, 11) is 0. The summed E-state index contributed by atoms with van der Waals surface area (Å²) < 4.78 is 202. The summed E-state index contributed by atoms with van der Waals surface area (Å²) in [6.45, 7) is 25.5. The van der Waals surface area contributed by atoms with Gasteiger partial charge in [0.2, 0.25) is 5.91 Å². The first-order chi connectivity index (χ1) is 56.2. The van der Waals surface area contributed by atoms with Crippen LogP contribution in [-0.4, -0.2) is 142 Å². The molecule has 0 saturated carbocycles. The first-order valence-electron chi connectivity index (χ1n) is 38.8. The summed E-state index contributed by atoms with van der Waals surface area (Å²) in [5, 5.41) is 13.4. The van der Waals surface area contributed by atoms with E-state index in [1.54, 1.807) is 39.8 Å². The maximum absolute atomic E-state index is 12.7. The smallest absolute Gasteiger partial charge is 0.422 e. The van der Waals surface area contributed by atoms with Gasteiger partial charge in [-0.05, 0) is 232 Å². The molecule has 4 heterocycles. The van der Waals surface area contributed by atoms with E-state index in [0.717, 1.165) is 110 Å². The van der Waals surface area contributed by atoms with Crippen molar-refractivity contribution in [3.8, 4) is 0 Å². The minimum absolute atomic E-state index is 0. The van der Waals surface area contributed by atoms with Crippen LogP contribution in [0.15, 0.2) is 126 Å². The normalized spacial score (nSPS) is 18.8. The number of carbonyl (C=O) groups excluding carboxylic acids is 9. The molecule has 5 amide bonds. The first-order valence-corrected chi connectivity index (χ1v) is 40.0. The number of nitrogens with zero attached hydrogens (tertiary/aromatic N) is 3. The number of rotatable bonds is 12. The molecule has 0 aromatic heterocycles. The summed E-state index contributed by atoms with van der Waals surface area (Å²) in [4.78, 5) is 117. The van der Waals surface area contributed by atoms with Crippen LogP contribution in [0.2, 0.25) is 0 Å². The number of piperidine rings is 4. The molecule has 4 saturated heterocycles. The van der Waals surface area contributed by atoms with Crippen LogP contribution < -0.4 is 10.6 Å². The minimum Gasteiger partial charge on any atom is -0.474 e. The SMILES string of the molecule is C.CC1CCC(=O)N(C(=O)OC(C)(C)C)C1.CC1CCC(c2ccc(C(F)(F)F)cc2)N(C(=O)C(=O)O)C1.CC1CCC(c2ccc(C(F)(F)F)cc2)NC1.CCOC(=O)C(=O)N1CC(C)CCC1c1ccc(C(F)(F)F)cc1.Cc1ccc(C(=O)CCC(C)CNC(=O)OC(C)(C)C)cc1.FC(F)(F)c1ccc(Br)cc1.O=C(Cl)C(=O)OCC(F)(F)F. The molecule has 4 aliphatic rings. The first kappa shape index (κ1) is 110. The van der Waals surface area contributed by atoms with Crippen molar-refractivity contribution in [3.63, 3.8) is 0 Å². The van der Waals surface area contributed by atoms with Gasteiger partial charge in [0.1, 0.15) is 11.2 Å². The van der Waals surface area contributed by atoms with Gasteiger partial charge >= 0.3 is 78.0 Å². The Morgan fingerprint density at radius 1 is 0.537 bits per heavy atom. The van der Waals surface area contributed by atoms with Gasteiger partial charge in [-0.2, -0.15) is 65.9 Å². The van der Waals surface area contributed by atoms with Crippen molar-refractivity contribution in [2.24, 2.45) is 29.6 Å². The highest BCUT2D eigenvalue weighted by molar-refractivity contribution is 9.10. The number of alkyl carbamates (subject to hydrolysis) is 1. The van der Waals surface area contributed by atoms with Gasteiger partial charge in [0.25, 0.3) is 0 Å². The number of aryl methyl sites for hydroxylation is 1. The van der Waals surface area contributed by atoms with E-state index in [9.17, 15) is 114 Å². The van der Waals surface area contributed by atoms with Crippen LogP contribution in [0, 0.1) is 36.5 Å². The number of halogens is 17. The van der Waals surface area contributed by atoms with Crippen LogP contribution in [0.4, 0.5) is 75.4 Å². The molecule has 4 fully saturated rings. The topological polar surface area (TPSA) is 262 Å². The van der Waals surface area contributed by atoms with E-state index in [1.165, 1.54) is 51.1 Å². The lowest BCUT2D eigenvalue weighted by Crippen LogP contribution is -2.45. The van der Waals surface area contributed by atoms with Crippen molar-refractivity contribution in [3.05, 3.63) is 176 Å². The molecule has 20 nitrogen and oxygen atoms in total. The number of imide groups is 1. The Kier molecular flexibility index (Phi) is 44.1. The van der Waals surface area contributed by atoms with Crippen molar-refractivity contribution in [2.45, 2.75) is 222 Å². The lowest BCUT2D eigenvalue weighted by atomic mass is 9.89. The number of alkyl halides is 15. The molecule has 686 valence electrons. The predicted molar refractivity (Wildman–Crippen MR) is 432 cm³/mol. The number of nitrogens with one attached hydrogen (secondary N) is 2. The Bertz CT molecular complexity index is 4190. The summed E-state index contributed by atoms with van der Waals surface area (Å²) >= 11 is 7.52. The van der Waals surface area contributed by atoms with Crippen molar-refractivity contribution in [1.82, 2.24) is 25.3 Å². The zero-order valence-corrected chi connectivity index (χ0v) is 72.0. The number of aliphatic carboxylic acids is 1. The van der Waals surface area contributed by atoms with E-state index in [2.05, 4.69) is 49.8 Å². The fourth-order valence-corrected chi connectivity index (χ4v) is 12.5. The number of likely N-dealkylation sites (tertiary alicyclic amines) is 3. The number of Topliss-reactive ketones (excluding diaryl/α,β-unsaturated/α-hetero) is 1. The monoisotopic (exact) mass is 1850 g/mol. The van der Waals surface area contributed by atoms with Crippen molar-refractivity contribution >= 4 is 86.4 Å². The van der Waals surface area contributed by atoms with Crippen molar-refractivity contribution in [2.75, 3.05) is 45.9 Å². The molecule has 0 radical (unpaired) electrons. The number of carboxylic acid groups (broad SMARTS) is 1. The van der Waals surface area contributed by atoms with Gasteiger partial charge < -0.3 is 44.5 Å². The van der Waals surface area contributed by atoms with E-state index in [-0.39, 0.29) is 56.1 Å². The van der Waals surface area contributed by atoms with Gasteiger partial charge in [-0.1, -0.05) is 124 Å². The molecule has 5 aromatic carbocycles. The molecule has 123 heavy (non-hydrogen) atoms. The average Bonchev–Trinajstić information content (AvgIpc) is 0.805. The Morgan fingerprint density at radius 2 is 0.943 bits per heavy atom. The number of hydrogen-bond acceptors (Lipinski definition) is 15. The van der Waals surface area contributed by atoms with Crippen LogP contribution in [0.25, 0.3) is 0 Å². The minimum atomic E-state index is -4.64. The summed E-state index contributed by atoms with van der Waals surface area (Å²) in [6, 6.07) is 26.5. The Balaban J connectivity index is 0.000000494. The molecule has 9 rings (SSSR count). The number of ether oxygens (including phenoxy) is 4. The standard InChI is InChI=1S/C18H27NO3.C17H20F3NO3.C15H16F3NO3.C13H16F3N.C11H19NO3.C7H4BrF3.C4H2ClF3O3.CH4/c1-13-6-9-15(10-7-13)16(20)11-8-14(2)12-19-17(21)22-18(3,4)5;1-3-24-16(23)15(22)21-10-11(2)4-9-14(21)12-5-7-13(8-6-12)17(18,19)20;1-9-2-7-12(19(8-9)13(20)14(21)22)10-3-5-11(6-4-10)15(16,17)18;1-9-2-7-12(17-8-9)10-3-5-11(6-4-10)13(14,15)16;1-8-5-6-9(13)12(7-8)10(14)15-11(2,3)4;8-6-3-1-5(2-4-6)7(9,10)11;5-2(9)3(10)11-1-4(6,7)8;/h6-7,9-10,14H,8,11-12H2,1-5H3,(H,19,21);5-8,11,14H,3-4,9-10H2,1-2H3;3-6,9,12H,2,7-8H2,1H3,(H,21,22);3-6,9,12,17H,2,7-8H2,1H3;8H,5-7H2,1-4H3;1-4H;1H2;1H4. The third-order valence-corrected chi connectivity index (χ3v) is 19.2. The van der Waals surface area contributed by atoms with Gasteiger partial charge in [-0.3, -0.25) is 24.0 Å². The number of hydrogen-bond donors (Lipinski definition) is 3. The number of carbonyl (C=O) groups is 10. The predicted octanol–water partition coefficient (Wildman–Crippen LogP) is 21.7. The maximum atomic E-state index is 12.7. The molecule has 37 heteroatoms. The van der Waals surface area contributed by atoms with Crippen LogP contribution in [-0.2, 0) is 77.2 Å². The number of ketones is 1. The second kappa shape index (κ2) is 49.4. The highest BCUT2D eigenvalue weighted by Gasteiger charge is 2.40. The molecule has 0 bridgehead atoms. The van der Waals surface area contributed by atoms with E-state index in [0.29, 0.717) is 72.8 Å². The van der Waals surface area contributed by atoms with Crippen LogP contribution in [0.5, 0.6) is 0 Å². The van der Waals surface area contributed by atoms with Crippen LogP contribution >= 0.6 is 27.5 Å². The van der Waals surface area contributed by atoms with Crippen LogP contribution in [0.1, 0.15) is 228 Å². The average molecular weight is 1850 g/mol. The van der Waals surface area contributed by atoms with E-state index >= 15 is 0 Å². The third-order valence-electron chi connectivity index (χ3n) is 18.5. The summed E-state index contributed by atoms with van der Waals surface area (Å²) in [6.07, 6.45) is -15.5. The molecular weight excluding hydrogens is 1740 g/mol. The second-order valence-electron chi connectivity index (χ2n) is 31.8. The van der Waals surface area contributed by atoms with E-state index < -0.39 is 130 Å². The lowest BCUT2D eigenvalue weighted by molar-refractivity contribution is -0.185. The number of benzene rings is 5. The maximum Gasteiger partial charge on any atom is 0.422 e. The second-order valence-corrected chi connectivity index (χ2v) is 33.0. The summed E-state index contributed by atoms with van der Waals surface area (Å²) in [5.41, 5.74) is 0.213. The quantitative estimate of drug-likeness (QED) is 0.0262. The van der Waals surface area contributed by atoms with Gasteiger partial charge in [0, 0.05) is 55.1 Å². The molecule has 0 spiro atoms. The molecule has 0 aliphatic carbocycles. The third kappa shape index (κ3) is 41.4. The van der Waals surface area contributed by atoms with Crippen molar-refractivity contribution < 1.29 is 138 Å². The van der Waals surface area contributed by atoms with Gasteiger partial charge in [-0.25, -0.2) is 28.9 Å².